The Morgan fingerprint density at radius 3 is 2.89 bits per heavy atom. The first-order valence-corrected chi connectivity index (χ1v) is 6.99. The molecule has 1 N–H and O–H groups in total. The Labute approximate surface area is 119 Å². The van der Waals surface area contributed by atoms with E-state index < -0.39 is 0 Å². The number of rotatable bonds is 3. The summed E-state index contributed by atoms with van der Waals surface area (Å²) in [5.41, 5.74) is 1.75. The van der Waals surface area contributed by atoms with E-state index in [1.165, 1.54) is 11.5 Å². The van der Waals surface area contributed by atoms with Crippen LogP contribution in [0.4, 0.5) is 0 Å². The van der Waals surface area contributed by atoms with E-state index in [0.717, 1.165) is 27.3 Å². The van der Waals surface area contributed by atoms with Crippen molar-refractivity contribution in [2.45, 2.75) is 13.0 Å². The quantitative estimate of drug-likeness (QED) is 0.802. The van der Waals surface area contributed by atoms with Crippen LogP contribution in [-0.2, 0) is 0 Å². The molecule has 6 heteroatoms. The second kappa shape index (κ2) is 4.92. The van der Waals surface area contributed by atoms with Crippen LogP contribution < -0.4 is 5.32 Å². The minimum Gasteiger partial charge on any atom is -0.459 e. The SMILES string of the molecule is CNC(c1cc2cc(Cl)ccc2o1)c1snnc1C. The highest BCUT2D eigenvalue weighted by molar-refractivity contribution is 7.05. The maximum atomic E-state index is 5.99. The molecule has 0 aliphatic rings. The molecule has 1 unspecified atom stereocenters. The van der Waals surface area contributed by atoms with Crippen LogP contribution in [0.3, 0.4) is 0 Å². The first-order valence-electron chi connectivity index (χ1n) is 5.84. The average Bonchev–Trinajstić information content (AvgIpc) is 2.97. The lowest BCUT2D eigenvalue weighted by atomic mass is 10.1. The second-order valence-corrected chi connectivity index (χ2v) is 5.50. The molecule has 0 bridgehead atoms. The normalized spacial score (nSPS) is 13.0. The third-order valence-electron chi connectivity index (χ3n) is 3.02. The zero-order chi connectivity index (χ0) is 13.4. The molecule has 3 rings (SSSR count). The lowest BCUT2D eigenvalue weighted by Gasteiger charge is -2.11. The van der Waals surface area contributed by atoms with Crippen molar-refractivity contribution < 1.29 is 4.42 Å². The molecule has 1 atom stereocenters. The van der Waals surface area contributed by atoms with Crippen molar-refractivity contribution in [2.24, 2.45) is 0 Å². The van der Waals surface area contributed by atoms with E-state index in [1.807, 2.05) is 38.2 Å². The number of nitrogens with zero attached hydrogens (tertiary/aromatic N) is 2. The van der Waals surface area contributed by atoms with Gasteiger partial charge in [-0.2, -0.15) is 0 Å². The van der Waals surface area contributed by atoms with Crippen molar-refractivity contribution in [3.8, 4) is 0 Å². The molecule has 0 saturated carbocycles. The minimum absolute atomic E-state index is 0.0359. The summed E-state index contributed by atoms with van der Waals surface area (Å²) in [7, 11) is 1.89. The largest absolute Gasteiger partial charge is 0.459 e. The van der Waals surface area contributed by atoms with Crippen LogP contribution in [0.5, 0.6) is 0 Å². The Balaban J connectivity index is 2.09. The molecule has 2 aromatic heterocycles. The molecule has 0 spiro atoms. The molecule has 3 aromatic rings. The van der Waals surface area contributed by atoms with E-state index in [0.29, 0.717) is 5.02 Å². The van der Waals surface area contributed by atoms with E-state index in [-0.39, 0.29) is 6.04 Å². The van der Waals surface area contributed by atoms with Gasteiger partial charge in [-0.3, -0.25) is 0 Å². The molecule has 0 amide bonds. The van der Waals surface area contributed by atoms with Crippen molar-refractivity contribution >= 4 is 34.1 Å². The van der Waals surface area contributed by atoms with Gasteiger partial charge in [0.05, 0.1) is 10.6 Å². The van der Waals surface area contributed by atoms with Crippen LogP contribution in [0.2, 0.25) is 5.02 Å². The van der Waals surface area contributed by atoms with Gasteiger partial charge in [0.2, 0.25) is 0 Å². The average molecular weight is 294 g/mol. The van der Waals surface area contributed by atoms with E-state index in [1.54, 1.807) is 0 Å². The number of aromatic nitrogens is 2. The van der Waals surface area contributed by atoms with Gasteiger partial charge in [-0.1, -0.05) is 16.1 Å². The van der Waals surface area contributed by atoms with Crippen molar-refractivity contribution in [3.05, 3.63) is 45.6 Å². The topological polar surface area (TPSA) is 51.0 Å². The van der Waals surface area contributed by atoms with Crippen molar-refractivity contribution in [1.82, 2.24) is 14.9 Å². The number of halogens is 1. The van der Waals surface area contributed by atoms with Gasteiger partial charge in [0.1, 0.15) is 17.4 Å². The van der Waals surface area contributed by atoms with Crippen LogP contribution >= 0.6 is 23.1 Å². The summed E-state index contributed by atoms with van der Waals surface area (Å²) in [6.45, 7) is 1.95. The van der Waals surface area contributed by atoms with Gasteiger partial charge in [-0.15, -0.1) is 5.10 Å². The Morgan fingerprint density at radius 1 is 1.37 bits per heavy atom. The van der Waals surface area contributed by atoms with Gasteiger partial charge >= 0.3 is 0 Å². The van der Waals surface area contributed by atoms with Crippen LogP contribution in [0.15, 0.2) is 28.7 Å². The number of benzene rings is 1. The lowest BCUT2D eigenvalue weighted by Crippen LogP contribution is -2.16. The highest BCUT2D eigenvalue weighted by atomic mass is 35.5. The van der Waals surface area contributed by atoms with Crippen LogP contribution in [0.25, 0.3) is 11.0 Å². The van der Waals surface area contributed by atoms with Gasteiger partial charge in [0, 0.05) is 10.4 Å². The number of nitrogens with one attached hydrogen (secondary N) is 1. The molecular formula is C13H12ClN3OS. The molecule has 0 aliphatic carbocycles. The number of furan rings is 1. The van der Waals surface area contributed by atoms with Gasteiger partial charge in [-0.05, 0) is 49.8 Å². The maximum Gasteiger partial charge on any atom is 0.134 e. The maximum absolute atomic E-state index is 5.99. The summed E-state index contributed by atoms with van der Waals surface area (Å²) in [4.78, 5) is 1.06. The van der Waals surface area contributed by atoms with Crippen LogP contribution in [0.1, 0.15) is 22.4 Å². The molecule has 1 aromatic carbocycles. The summed E-state index contributed by atoms with van der Waals surface area (Å²) in [5.74, 6) is 0.842. The molecule has 4 nitrogen and oxygen atoms in total. The summed E-state index contributed by atoms with van der Waals surface area (Å²) in [5, 5.41) is 8.99. The van der Waals surface area contributed by atoms with E-state index >= 15 is 0 Å². The summed E-state index contributed by atoms with van der Waals surface area (Å²) in [6.07, 6.45) is 0. The molecule has 0 saturated heterocycles. The van der Waals surface area contributed by atoms with Crippen molar-refractivity contribution in [2.75, 3.05) is 7.05 Å². The van der Waals surface area contributed by atoms with Gasteiger partial charge < -0.3 is 9.73 Å². The van der Waals surface area contributed by atoms with E-state index in [2.05, 4.69) is 14.9 Å². The number of hydrogen-bond donors (Lipinski definition) is 1. The first kappa shape index (κ1) is 12.6. The number of fused-ring (bicyclic) bond motifs is 1. The predicted octanol–water partition coefficient (Wildman–Crippen LogP) is 3.55. The number of aryl methyl sites for hydroxylation is 1. The van der Waals surface area contributed by atoms with Gasteiger partial charge in [-0.25, -0.2) is 0 Å². The molecule has 98 valence electrons. The standard InChI is InChI=1S/C13H12ClN3OS/c1-7-13(19-17-16-7)12(15-2)11-6-8-5-9(14)3-4-10(8)18-11/h3-6,12,15H,1-2H3. The Hall–Kier alpha value is -1.43. The molecule has 0 aliphatic heterocycles. The zero-order valence-electron chi connectivity index (χ0n) is 10.5. The van der Waals surface area contributed by atoms with Gasteiger partial charge in [0.15, 0.2) is 0 Å². The van der Waals surface area contributed by atoms with Crippen LogP contribution in [-0.4, -0.2) is 16.6 Å². The minimum atomic E-state index is -0.0359. The third-order valence-corrected chi connectivity index (χ3v) is 4.15. The van der Waals surface area contributed by atoms with Gasteiger partial charge in [0.25, 0.3) is 0 Å². The molecule has 19 heavy (non-hydrogen) atoms. The lowest BCUT2D eigenvalue weighted by molar-refractivity contribution is 0.494. The highest BCUT2D eigenvalue weighted by Gasteiger charge is 2.21. The Bertz CT molecular complexity index is 722. The highest BCUT2D eigenvalue weighted by Crippen LogP contribution is 2.31. The summed E-state index contributed by atoms with van der Waals surface area (Å²) in [6, 6.07) is 7.57. The zero-order valence-corrected chi connectivity index (χ0v) is 12.0. The molecule has 0 radical (unpaired) electrons. The smallest absolute Gasteiger partial charge is 0.134 e. The monoisotopic (exact) mass is 293 g/mol. The molecule has 2 heterocycles. The Morgan fingerprint density at radius 2 is 2.21 bits per heavy atom. The van der Waals surface area contributed by atoms with Crippen molar-refractivity contribution in [1.29, 1.82) is 0 Å². The first-order chi connectivity index (χ1) is 9.19. The second-order valence-electron chi connectivity index (χ2n) is 4.28. The molecule has 0 fully saturated rings. The number of hydrogen-bond acceptors (Lipinski definition) is 5. The fraction of sp³-hybridized carbons (Fsp3) is 0.231. The fourth-order valence-corrected chi connectivity index (χ4v) is 3.03. The van der Waals surface area contributed by atoms with E-state index in [9.17, 15) is 0 Å². The van der Waals surface area contributed by atoms with Crippen LogP contribution in [0, 0.1) is 6.92 Å². The third kappa shape index (κ3) is 2.25. The summed E-state index contributed by atoms with van der Waals surface area (Å²) < 4.78 is 9.86. The molecular weight excluding hydrogens is 282 g/mol. The van der Waals surface area contributed by atoms with E-state index in [4.69, 9.17) is 16.0 Å². The fourth-order valence-electron chi connectivity index (χ4n) is 2.08. The van der Waals surface area contributed by atoms with Crippen molar-refractivity contribution in [3.63, 3.8) is 0 Å². The predicted molar refractivity (Wildman–Crippen MR) is 76.8 cm³/mol. The Kier molecular flexibility index (Phi) is 3.26. The summed E-state index contributed by atoms with van der Waals surface area (Å²) >= 11 is 7.37.